The number of carbonyl (C=O) groups is 1. The average Bonchev–Trinajstić information content (AvgIpc) is 3.21. The number of nitrogens with one attached hydrogen (secondary N) is 1. The van der Waals surface area contributed by atoms with Gasteiger partial charge in [-0.25, -0.2) is 4.68 Å². The van der Waals surface area contributed by atoms with Gasteiger partial charge < -0.3 is 5.32 Å². The maximum Gasteiger partial charge on any atom is 0.291 e. The van der Waals surface area contributed by atoms with Gasteiger partial charge in [-0.15, -0.1) is 11.3 Å². The molecular weight excluding hydrogens is 350 g/mol. The lowest BCUT2D eigenvalue weighted by molar-refractivity contribution is -0.122. The summed E-state index contributed by atoms with van der Waals surface area (Å²) in [6, 6.07) is 9.10. The monoisotopic (exact) mass is 367 g/mol. The molecule has 1 atom stereocenters. The van der Waals surface area contributed by atoms with Crippen molar-refractivity contribution in [2.75, 3.05) is 0 Å². The van der Waals surface area contributed by atoms with Crippen LogP contribution in [0.1, 0.15) is 24.5 Å². The third-order valence-electron chi connectivity index (χ3n) is 4.27. The number of nitrogens with zero attached hydrogens (tertiary/aromatic N) is 4. The van der Waals surface area contributed by atoms with Crippen LogP contribution in [0.5, 0.6) is 0 Å². The summed E-state index contributed by atoms with van der Waals surface area (Å²) in [5, 5.41) is 9.15. The highest BCUT2D eigenvalue weighted by atomic mass is 32.1. The standard InChI is InChI=1S/C18H17N5O2S/c1-11(13-5-3-4-7-19-13)20-17(24)10-22-18(25)15-9-16-14(6-8-26-16)23(15)12(2)21-22/h3-9,11H,10H2,1-2H3,(H,20,24)/t11-/m0/s1. The molecule has 4 aromatic rings. The van der Waals surface area contributed by atoms with Crippen LogP contribution in [0.25, 0.3) is 15.7 Å². The summed E-state index contributed by atoms with van der Waals surface area (Å²) >= 11 is 1.57. The Morgan fingerprint density at radius 1 is 1.31 bits per heavy atom. The van der Waals surface area contributed by atoms with Crippen LogP contribution in [0.2, 0.25) is 0 Å². The largest absolute Gasteiger partial charge is 0.346 e. The summed E-state index contributed by atoms with van der Waals surface area (Å²) in [4.78, 5) is 29.3. The molecule has 0 bridgehead atoms. The van der Waals surface area contributed by atoms with E-state index in [0.717, 1.165) is 15.9 Å². The third-order valence-corrected chi connectivity index (χ3v) is 5.12. The van der Waals surface area contributed by atoms with E-state index in [4.69, 9.17) is 0 Å². The fourth-order valence-electron chi connectivity index (χ4n) is 3.06. The quantitative estimate of drug-likeness (QED) is 0.600. The Labute approximate surface area is 152 Å². The van der Waals surface area contributed by atoms with E-state index in [1.165, 1.54) is 4.68 Å². The van der Waals surface area contributed by atoms with Gasteiger partial charge in [0.2, 0.25) is 5.91 Å². The Morgan fingerprint density at radius 2 is 2.15 bits per heavy atom. The van der Waals surface area contributed by atoms with Gasteiger partial charge in [0.05, 0.1) is 22.0 Å². The van der Waals surface area contributed by atoms with Crippen LogP contribution in [-0.2, 0) is 11.3 Å². The molecular formula is C18H17N5O2S. The minimum absolute atomic E-state index is 0.133. The van der Waals surface area contributed by atoms with Crippen molar-refractivity contribution in [2.24, 2.45) is 0 Å². The predicted molar refractivity (Wildman–Crippen MR) is 100 cm³/mol. The minimum Gasteiger partial charge on any atom is -0.346 e. The van der Waals surface area contributed by atoms with Gasteiger partial charge in [0.1, 0.15) is 17.9 Å². The molecule has 4 aromatic heterocycles. The van der Waals surface area contributed by atoms with Crippen LogP contribution in [0.3, 0.4) is 0 Å². The molecule has 7 nitrogen and oxygen atoms in total. The van der Waals surface area contributed by atoms with Crippen molar-refractivity contribution in [3.05, 3.63) is 63.8 Å². The molecule has 0 aliphatic carbocycles. The number of aromatic nitrogens is 4. The highest BCUT2D eigenvalue weighted by Gasteiger charge is 2.16. The molecule has 4 rings (SSSR count). The maximum atomic E-state index is 12.7. The van der Waals surface area contributed by atoms with E-state index in [0.29, 0.717) is 11.3 Å². The first-order chi connectivity index (χ1) is 12.5. The van der Waals surface area contributed by atoms with E-state index in [9.17, 15) is 9.59 Å². The Kier molecular flexibility index (Phi) is 4.04. The second-order valence-corrected chi connectivity index (χ2v) is 7.04. The lowest BCUT2D eigenvalue weighted by Gasteiger charge is -2.14. The normalized spacial score (nSPS) is 12.5. The van der Waals surface area contributed by atoms with Crippen LogP contribution in [-0.4, -0.2) is 25.1 Å². The topological polar surface area (TPSA) is 81.3 Å². The zero-order valence-electron chi connectivity index (χ0n) is 14.3. The molecule has 0 saturated carbocycles. The van der Waals surface area contributed by atoms with Gasteiger partial charge in [-0.2, -0.15) is 5.10 Å². The van der Waals surface area contributed by atoms with Gasteiger partial charge >= 0.3 is 0 Å². The molecule has 0 radical (unpaired) electrons. The lowest BCUT2D eigenvalue weighted by atomic mass is 10.2. The van der Waals surface area contributed by atoms with E-state index in [2.05, 4.69) is 15.4 Å². The van der Waals surface area contributed by atoms with Gasteiger partial charge in [0.15, 0.2) is 0 Å². The number of carbonyl (C=O) groups excluding carboxylic acids is 1. The van der Waals surface area contributed by atoms with E-state index >= 15 is 0 Å². The van der Waals surface area contributed by atoms with Crippen molar-refractivity contribution in [3.8, 4) is 0 Å². The first-order valence-electron chi connectivity index (χ1n) is 8.21. The molecule has 0 spiro atoms. The fraction of sp³-hybridized carbons (Fsp3) is 0.222. The predicted octanol–water partition coefficient (Wildman–Crippen LogP) is 2.29. The summed E-state index contributed by atoms with van der Waals surface area (Å²) in [7, 11) is 0. The molecule has 26 heavy (non-hydrogen) atoms. The molecule has 1 amide bonds. The van der Waals surface area contributed by atoms with Crippen molar-refractivity contribution < 1.29 is 4.79 Å². The summed E-state index contributed by atoms with van der Waals surface area (Å²) in [6.07, 6.45) is 1.68. The second-order valence-electron chi connectivity index (χ2n) is 6.09. The number of fused-ring (bicyclic) bond motifs is 3. The molecule has 0 aliphatic heterocycles. The summed E-state index contributed by atoms with van der Waals surface area (Å²) < 4.78 is 4.08. The van der Waals surface area contributed by atoms with Crippen LogP contribution in [0.15, 0.2) is 46.7 Å². The maximum absolute atomic E-state index is 12.7. The number of aryl methyl sites for hydroxylation is 1. The molecule has 0 aromatic carbocycles. The average molecular weight is 367 g/mol. The number of amides is 1. The van der Waals surface area contributed by atoms with Crippen LogP contribution >= 0.6 is 11.3 Å². The smallest absolute Gasteiger partial charge is 0.291 e. The highest BCUT2D eigenvalue weighted by Crippen LogP contribution is 2.24. The third kappa shape index (κ3) is 2.78. The molecule has 0 unspecified atom stereocenters. The van der Waals surface area contributed by atoms with Gasteiger partial charge in [0, 0.05) is 6.20 Å². The van der Waals surface area contributed by atoms with Crippen molar-refractivity contribution in [2.45, 2.75) is 26.4 Å². The van der Waals surface area contributed by atoms with Crippen LogP contribution < -0.4 is 10.9 Å². The zero-order chi connectivity index (χ0) is 18.3. The van der Waals surface area contributed by atoms with Gasteiger partial charge in [-0.05, 0) is 43.5 Å². The number of thiophene rings is 1. The van der Waals surface area contributed by atoms with Crippen LogP contribution in [0.4, 0.5) is 0 Å². The fourth-order valence-corrected chi connectivity index (χ4v) is 3.87. The van der Waals surface area contributed by atoms with Gasteiger partial charge in [0.25, 0.3) is 5.56 Å². The lowest BCUT2D eigenvalue weighted by Crippen LogP contribution is -2.36. The molecule has 1 N–H and O–H groups in total. The zero-order valence-corrected chi connectivity index (χ0v) is 15.2. The molecule has 0 fully saturated rings. The molecule has 8 heteroatoms. The van der Waals surface area contributed by atoms with Crippen molar-refractivity contribution in [1.82, 2.24) is 24.5 Å². The second kappa shape index (κ2) is 6.38. The van der Waals surface area contributed by atoms with Gasteiger partial charge in [-0.3, -0.25) is 19.0 Å². The van der Waals surface area contributed by atoms with E-state index < -0.39 is 0 Å². The molecule has 4 heterocycles. The Bertz CT molecular complexity index is 1160. The van der Waals surface area contributed by atoms with E-state index in [1.54, 1.807) is 17.5 Å². The molecule has 0 saturated heterocycles. The number of rotatable bonds is 4. The molecule has 0 aliphatic rings. The Balaban J connectivity index is 1.62. The molecule has 132 valence electrons. The Hall–Kier alpha value is -3.00. The van der Waals surface area contributed by atoms with Crippen molar-refractivity contribution >= 4 is 33.0 Å². The summed E-state index contributed by atoms with van der Waals surface area (Å²) in [5.41, 5.74) is 1.98. The SMILES string of the molecule is Cc1nn(CC(=O)N[C@@H](C)c2ccccn2)c(=O)c2cc3sccc3n12. The highest BCUT2D eigenvalue weighted by molar-refractivity contribution is 7.17. The van der Waals surface area contributed by atoms with Crippen molar-refractivity contribution in [3.63, 3.8) is 0 Å². The summed E-state index contributed by atoms with van der Waals surface area (Å²) in [5.74, 6) is 0.383. The van der Waals surface area contributed by atoms with E-state index in [1.807, 2.05) is 54.0 Å². The first-order valence-corrected chi connectivity index (χ1v) is 9.09. The van der Waals surface area contributed by atoms with Crippen molar-refractivity contribution in [1.29, 1.82) is 0 Å². The Morgan fingerprint density at radius 3 is 2.92 bits per heavy atom. The van der Waals surface area contributed by atoms with Crippen LogP contribution in [0, 0.1) is 6.92 Å². The minimum atomic E-state index is -0.283. The number of hydrogen-bond acceptors (Lipinski definition) is 5. The summed E-state index contributed by atoms with van der Waals surface area (Å²) in [6.45, 7) is 3.55. The van der Waals surface area contributed by atoms with E-state index in [-0.39, 0.29) is 24.1 Å². The number of hydrogen-bond donors (Lipinski definition) is 1. The number of pyridine rings is 1. The van der Waals surface area contributed by atoms with Gasteiger partial charge in [-0.1, -0.05) is 6.07 Å². The first kappa shape index (κ1) is 16.5.